The quantitative estimate of drug-likeness (QED) is 0.713. The van der Waals surface area contributed by atoms with Crippen LogP contribution in [0.3, 0.4) is 0 Å². The normalized spacial score (nSPS) is 16.5. The molecular weight excluding hydrogens is 398 g/mol. The Balaban J connectivity index is 1.93. The molecule has 1 aliphatic heterocycles. The minimum Gasteiger partial charge on any atom is -0.507 e. The summed E-state index contributed by atoms with van der Waals surface area (Å²) in [6.07, 6.45) is 4.20. The summed E-state index contributed by atoms with van der Waals surface area (Å²) >= 11 is 1.40. The molecule has 2 heterocycles. The number of phenols is 1. The fraction of sp³-hybridized carbons (Fsp3) is 0.455. The summed E-state index contributed by atoms with van der Waals surface area (Å²) in [6, 6.07) is 3.96. The average molecular weight is 428 g/mol. The van der Waals surface area contributed by atoms with E-state index in [1.165, 1.54) is 11.8 Å². The largest absolute Gasteiger partial charge is 0.507 e. The summed E-state index contributed by atoms with van der Waals surface area (Å²) in [4.78, 5) is 15.3. The van der Waals surface area contributed by atoms with Crippen LogP contribution in [0.5, 0.6) is 5.75 Å². The molecule has 2 N–H and O–H groups in total. The van der Waals surface area contributed by atoms with Crippen molar-refractivity contribution in [2.24, 2.45) is 0 Å². The van der Waals surface area contributed by atoms with Crippen molar-refractivity contribution >= 4 is 23.7 Å². The Morgan fingerprint density at radius 2 is 1.77 bits per heavy atom. The minimum atomic E-state index is -0.223. The lowest BCUT2D eigenvalue weighted by molar-refractivity contribution is -0.123. The Bertz CT molecular complexity index is 947. The van der Waals surface area contributed by atoms with Gasteiger partial charge in [0.15, 0.2) is 5.82 Å². The summed E-state index contributed by atoms with van der Waals surface area (Å²) < 4.78 is 0. The van der Waals surface area contributed by atoms with Gasteiger partial charge in [-0.15, -0.1) is 10.2 Å². The van der Waals surface area contributed by atoms with Gasteiger partial charge in [0.2, 0.25) is 0 Å². The van der Waals surface area contributed by atoms with E-state index in [4.69, 9.17) is 0 Å². The van der Waals surface area contributed by atoms with Crippen LogP contribution in [0.1, 0.15) is 64.1 Å². The van der Waals surface area contributed by atoms with Gasteiger partial charge in [0, 0.05) is 30.3 Å². The van der Waals surface area contributed by atoms with Crippen LogP contribution in [-0.2, 0) is 22.0 Å². The number of hydrogen-bond acceptors (Lipinski definition) is 6. The van der Waals surface area contributed by atoms with Crippen molar-refractivity contribution in [1.82, 2.24) is 25.5 Å². The van der Waals surface area contributed by atoms with Gasteiger partial charge < -0.3 is 10.0 Å². The SMILES string of the molecule is CC(C)(C)c1cc(/C=C2\SC=CN(CCc3nn[nH]n3)C2=O)cc(C(C)(C)C)c1O. The van der Waals surface area contributed by atoms with Gasteiger partial charge >= 0.3 is 0 Å². The van der Waals surface area contributed by atoms with Crippen molar-refractivity contribution in [2.75, 3.05) is 6.54 Å². The van der Waals surface area contributed by atoms with E-state index in [0.717, 1.165) is 16.7 Å². The van der Waals surface area contributed by atoms with E-state index in [9.17, 15) is 9.90 Å². The highest BCUT2D eigenvalue weighted by atomic mass is 32.2. The number of benzene rings is 1. The van der Waals surface area contributed by atoms with Crippen LogP contribution < -0.4 is 0 Å². The third kappa shape index (κ3) is 4.92. The standard InChI is InChI=1S/C22H29N5O2S/c1-21(2,3)15-11-14(12-16(19(15)28)22(4,5)6)13-17-20(29)27(9-10-30-17)8-7-18-23-25-26-24-18/h9-13,28H,7-8H2,1-6H3,(H,23,24,25,26)/b17-13-. The van der Waals surface area contributed by atoms with Crippen molar-refractivity contribution in [3.8, 4) is 5.75 Å². The number of hydrogen-bond donors (Lipinski definition) is 2. The number of aromatic nitrogens is 4. The first kappa shape index (κ1) is 22.1. The molecule has 160 valence electrons. The van der Waals surface area contributed by atoms with E-state index in [1.807, 2.05) is 23.6 Å². The molecule has 0 saturated carbocycles. The van der Waals surface area contributed by atoms with Crippen molar-refractivity contribution in [3.05, 3.63) is 51.2 Å². The first-order valence-corrected chi connectivity index (χ1v) is 10.8. The summed E-state index contributed by atoms with van der Waals surface area (Å²) in [5.41, 5.74) is 2.21. The lowest BCUT2D eigenvalue weighted by atomic mass is 9.78. The van der Waals surface area contributed by atoms with E-state index in [0.29, 0.717) is 29.4 Å². The van der Waals surface area contributed by atoms with Crippen LogP contribution in [-0.4, -0.2) is 43.1 Å². The van der Waals surface area contributed by atoms with Crippen molar-refractivity contribution < 1.29 is 9.90 Å². The number of aromatic amines is 1. The molecule has 7 nitrogen and oxygen atoms in total. The monoisotopic (exact) mass is 427 g/mol. The first-order chi connectivity index (χ1) is 14.0. The molecule has 0 saturated heterocycles. The molecule has 3 rings (SSSR count). The first-order valence-electron chi connectivity index (χ1n) is 9.93. The second kappa shape index (κ2) is 8.26. The predicted molar refractivity (Wildman–Crippen MR) is 120 cm³/mol. The molecule has 8 heteroatoms. The summed E-state index contributed by atoms with van der Waals surface area (Å²) in [7, 11) is 0. The zero-order chi connectivity index (χ0) is 22.1. The Kier molecular flexibility index (Phi) is 6.08. The third-order valence-corrected chi connectivity index (χ3v) is 5.72. The van der Waals surface area contributed by atoms with Gasteiger partial charge in [-0.25, -0.2) is 0 Å². The smallest absolute Gasteiger partial charge is 0.264 e. The van der Waals surface area contributed by atoms with Gasteiger partial charge in [-0.1, -0.05) is 58.5 Å². The Morgan fingerprint density at radius 3 is 2.30 bits per heavy atom. The lowest BCUT2D eigenvalue weighted by Gasteiger charge is -2.28. The molecule has 1 aliphatic rings. The number of tetrazole rings is 1. The number of thioether (sulfide) groups is 1. The molecule has 1 aromatic heterocycles. The molecule has 0 aliphatic carbocycles. The van der Waals surface area contributed by atoms with Crippen LogP contribution in [0.2, 0.25) is 0 Å². The molecule has 1 amide bonds. The van der Waals surface area contributed by atoms with Gasteiger partial charge in [-0.3, -0.25) is 4.79 Å². The maximum Gasteiger partial charge on any atom is 0.264 e. The zero-order valence-electron chi connectivity index (χ0n) is 18.4. The van der Waals surface area contributed by atoms with Gasteiger partial charge in [0.25, 0.3) is 5.91 Å². The number of phenolic OH excluding ortho intramolecular Hbond substituents is 1. The Labute approximate surface area is 181 Å². The highest BCUT2D eigenvalue weighted by Crippen LogP contribution is 2.40. The van der Waals surface area contributed by atoms with Crippen molar-refractivity contribution in [2.45, 2.75) is 58.8 Å². The zero-order valence-corrected chi connectivity index (χ0v) is 19.2. The molecule has 0 unspecified atom stereocenters. The molecule has 2 aromatic rings. The summed E-state index contributed by atoms with van der Waals surface area (Å²) in [5, 5.41) is 26.6. The average Bonchev–Trinajstić information content (AvgIpc) is 3.15. The predicted octanol–water partition coefficient (Wildman–Crippen LogP) is 4.13. The number of rotatable bonds is 4. The fourth-order valence-electron chi connectivity index (χ4n) is 3.25. The molecule has 0 bridgehead atoms. The molecule has 0 atom stereocenters. The Morgan fingerprint density at radius 1 is 1.13 bits per heavy atom. The van der Waals surface area contributed by atoms with Crippen LogP contribution in [0, 0.1) is 0 Å². The number of carbonyl (C=O) groups is 1. The third-order valence-electron chi connectivity index (χ3n) is 4.92. The minimum absolute atomic E-state index is 0.0614. The second-order valence-corrected chi connectivity index (χ2v) is 10.4. The molecule has 1 aromatic carbocycles. The van der Waals surface area contributed by atoms with E-state index in [-0.39, 0.29) is 16.7 Å². The number of carbonyl (C=O) groups excluding carboxylic acids is 1. The number of nitrogens with one attached hydrogen (secondary N) is 1. The molecular formula is C22H29N5O2S. The van der Waals surface area contributed by atoms with Gasteiger partial charge in [0.05, 0.1) is 4.91 Å². The molecule has 0 fully saturated rings. The maximum atomic E-state index is 13.0. The highest BCUT2D eigenvalue weighted by molar-refractivity contribution is 8.06. The molecule has 0 spiro atoms. The lowest BCUT2D eigenvalue weighted by Crippen LogP contribution is -2.30. The number of aromatic hydroxyl groups is 1. The summed E-state index contributed by atoms with van der Waals surface area (Å²) in [6.45, 7) is 12.9. The number of H-pyrrole nitrogens is 1. The fourth-order valence-corrected chi connectivity index (χ4v) is 4.03. The van der Waals surface area contributed by atoms with E-state index in [2.05, 4.69) is 62.2 Å². The van der Waals surface area contributed by atoms with Crippen molar-refractivity contribution in [1.29, 1.82) is 0 Å². The Hall–Kier alpha value is -2.61. The van der Waals surface area contributed by atoms with Gasteiger partial charge in [-0.2, -0.15) is 5.21 Å². The van der Waals surface area contributed by atoms with Gasteiger partial charge in [-0.05, 0) is 40.0 Å². The molecule has 30 heavy (non-hydrogen) atoms. The van der Waals surface area contributed by atoms with E-state index >= 15 is 0 Å². The van der Waals surface area contributed by atoms with Crippen LogP contribution >= 0.6 is 11.8 Å². The second-order valence-electron chi connectivity index (χ2n) is 9.45. The van der Waals surface area contributed by atoms with Crippen LogP contribution in [0.25, 0.3) is 6.08 Å². The van der Waals surface area contributed by atoms with E-state index in [1.54, 1.807) is 11.1 Å². The number of amides is 1. The maximum absolute atomic E-state index is 13.0. The topological polar surface area (TPSA) is 95.0 Å². The van der Waals surface area contributed by atoms with Crippen LogP contribution in [0.4, 0.5) is 0 Å². The number of nitrogens with zero attached hydrogens (tertiary/aromatic N) is 4. The molecule has 0 radical (unpaired) electrons. The highest BCUT2D eigenvalue weighted by Gasteiger charge is 2.27. The van der Waals surface area contributed by atoms with Crippen molar-refractivity contribution in [3.63, 3.8) is 0 Å². The van der Waals surface area contributed by atoms with Gasteiger partial charge in [0.1, 0.15) is 5.75 Å². The summed E-state index contributed by atoms with van der Waals surface area (Å²) in [5.74, 6) is 0.846. The van der Waals surface area contributed by atoms with E-state index < -0.39 is 0 Å². The van der Waals surface area contributed by atoms with Crippen LogP contribution in [0.15, 0.2) is 28.6 Å².